The molecule has 0 aliphatic carbocycles. The van der Waals surface area contributed by atoms with E-state index in [4.69, 9.17) is 38.8 Å². The predicted molar refractivity (Wildman–Crippen MR) is 159 cm³/mol. The lowest BCUT2D eigenvalue weighted by molar-refractivity contribution is -0.158. The maximum atomic E-state index is 12.7. The van der Waals surface area contributed by atoms with Gasteiger partial charge in [0.15, 0.2) is 17.6 Å². The number of hydrogen-bond acceptors (Lipinski definition) is 14. The van der Waals surface area contributed by atoms with Crippen molar-refractivity contribution in [3.63, 3.8) is 0 Å². The summed E-state index contributed by atoms with van der Waals surface area (Å²) in [5.41, 5.74) is 6.64. The third kappa shape index (κ3) is 11.6. The van der Waals surface area contributed by atoms with Gasteiger partial charge in [0.1, 0.15) is 12.1 Å². The smallest absolute Gasteiger partial charge is 0.332 e. The van der Waals surface area contributed by atoms with E-state index in [2.05, 4.69) is 26.8 Å². The van der Waals surface area contributed by atoms with Crippen molar-refractivity contribution >= 4 is 37.5 Å². The van der Waals surface area contributed by atoms with Gasteiger partial charge >= 0.3 is 32.2 Å². The quantitative estimate of drug-likeness (QED) is 0.129. The fraction of sp³-hybridized carbons (Fsp3) is 0.704. The minimum absolute atomic E-state index is 0.105. The number of esters is 2. The lowest BCUT2D eigenvalue weighted by atomic mass is 9.97. The molecule has 17 heteroatoms. The molecule has 244 valence electrons. The van der Waals surface area contributed by atoms with Crippen molar-refractivity contribution in [2.75, 3.05) is 58.4 Å². The highest BCUT2D eigenvalue weighted by Crippen LogP contribution is 2.40. The average Bonchev–Trinajstić information content (AvgIpc) is 3.30. The number of nitrogens with zero attached hydrogens (tertiary/aromatic N) is 5. The van der Waals surface area contributed by atoms with Crippen LogP contribution in [-0.4, -0.2) is 95.1 Å². The number of unbranched alkanes of at least 4 members (excludes halogenated alkanes) is 1. The number of anilines is 1. The van der Waals surface area contributed by atoms with Gasteiger partial charge in [-0.1, -0.05) is 13.3 Å². The van der Waals surface area contributed by atoms with Crippen LogP contribution in [0.1, 0.15) is 52.9 Å². The van der Waals surface area contributed by atoms with E-state index < -0.39 is 26.6 Å². The molecule has 2 atom stereocenters. The maximum absolute atomic E-state index is 12.7. The first-order chi connectivity index (χ1) is 21.2. The van der Waals surface area contributed by atoms with E-state index in [0.29, 0.717) is 37.5 Å². The molecule has 0 saturated carbocycles. The monoisotopic (exact) mass is 639 g/mol. The van der Waals surface area contributed by atoms with Crippen LogP contribution in [0.4, 0.5) is 5.82 Å². The van der Waals surface area contributed by atoms with Gasteiger partial charge in [0, 0.05) is 26.9 Å². The molecule has 1 unspecified atom stereocenters. The van der Waals surface area contributed by atoms with Crippen molar-refractivity contribution < 1.29 is 37.4 Å². The maximum Gasteiger partial charge on any atom is 0.332 e. The zero-order chi connectivity index (χ0) is 31.9. The van der Waals surface area contributed by atoms with Crippen molar-refractivity contribution in [3.8, 4) is 12.1 Å². The molecule has 2 aromatic rings. The molecule has 3 N–H and O–H groups in total. The number of hydrogen-bond donors (Lipinski definition) is 2. The second kappa shape index (κ2) is 18.5. The lowest BCUT2D eigenvalue weighted by Gasteiger charge is -2.32. The Morgan fingerprint density at radius 3 is 2.55 bits per heavy atom. The van der Waals surface area contributed by atoms with Gasteiger partial charge in [0.05, 0.1) is 38.9 Å². The fourth-order valence-corrected chi connectivity index (χ4v) is 5.43. The predicted octanol–water partition coefficient (Wildman–Crippen LogP) is 2.28. The molecular weight excluding hydrogens is 597 g/mol. The Morgan fingerprint density at radius 2 is 1.86 bits per heavy atom. The van der Waals surface area contributed by atoms with Gasteiger partial charge in [-0.2, -0.15) is 15.2 Å². The number of nitrogen functional groups attached to an aromatic ring is 1. The highest BCUT2D eigenvalue weighted by Gasteiger charge is 2.24. The second-order valence-electron chi connectivity index (χ2n) is 10.2. The zero-order valence-corrected chi connectivity index (χ0v) is 26.4. The summed E-state index contributed by atoms with van der Waals surface area (Å²) in [5, 5.41) is 8.84. The first-order valence-electron chi connectivity index (χ1n) is 14.7. The topological polar surface area (TPSA) is 206 Å². The summed E-state index contributed by atoms with van der Waals surface area (Å²) in [5.74, 6) is -0.616. The van der Waals surface area contributed by atoms with Crippen molar-refractivity contribution in [3.05, 3.63) is 10.5 Å². The molecule has 0 radical (unpaired) electrons. The Bertz CT molecular complexity index is 1310. The van der Waals surface area contributed by atoms with E-state index in [1.165, 1.54) is 13.8 Å². The molecule has 1 fully saturated rings. The molecule has 3 heterocycles. The number of carbonyl (C=O) groups is 2. The Kier molecular flexibility index (Phi) is 14.7. The van der Waals surface area contributed by atoms with Crippen LogP contribution < -0.4 is 16.2 Å². The molecule has 44 heavy (non-hydrogen) atoms. The third-order valence-corrected chi connectivity index (χ3v) is 7.84. The molecule has 0 bridgehead atoms. The largest absolute Gasteiger partial charge is 0.463 e. The molecular formula is C27H42N7O9P. The van der Waals surface area contributed by atoms with Gasteiger partial charge in [0.25, 0.3) is 0 Å². The van der Waals surface area contributed by atoms with Gasteiger partial charge < -0.3 is 43.4 Å². The van der Waals surface area contributed by atoms with Crippen LogP contribution in [0.2, 0.25) is 0 Å². The number of nitriles is 1. The average molecular weight is 640 g/mol. The Hall–Kier alpha value is -3.35. The summed E-state index contributed by atoms with van der Waals surface area (Å²) in [4.78, 5) is 48.9. The number of fused-ring (bicyclic) bond motifs is 1. The number of ether oxygens (including phenoxy) is 3. The summed E-state index contributed by atoms with van der Waals surface area (Å²) in [6, 6.07) is 2.16. The van der Waals surface area contributed by atoms with E-state index in [1.54, 1.807) is 4.57 Å². The normalized spacial score (nSPS) is 15.5. The van der Waals surface area contributed by atoms with Crippen LogP contribution in [0.15, 0.2) is 4.79 Å². The summed E-state index contributed by atoms with van der Waals surface area (Å²) < 4.78 is 34.4. The number of likely N-dealkylation sites (tertiary alicyclic amines) is 1. The van der Waals surface area contributed by atoms with Gasteiger partial charge in [-0.3, -0.25) is 14.2 Å². The minimum Gasteiger partial charge on any atom is -0.463 e. The number of aromatic amines is 1. The van der Waals surface area contributed by atoms with Crippen LogP contribution in [0.25, 0.3) is 11.2 Å². The van der Waals surface area contributed by atoms with Crippen molar-refractivity contribution in [1.82, 2.24) is 24.4 Å². The van der Waals surface area contributed by atoms with Gasteiger partial charge in [0.2, 0.25) is 0 Å². The first-order valence-corrected chi connectivity index (χ1v) is 15.8. The highest BCUT2D eigenvalue weighted by atomic mass is 31.2. The number of imidazole rings is 1. The first kappa shape index (κ1) is 35.1. The van der Waals surface area contributed by atoms with Crippen molar-refractivity contribution in [2.45, 2.75) is 65.5 Å². The fourth-order valence-electron chi connectivity index (χ4n) is 4.45. The number of rotatable bonds is 19. The third-order valence-electron chi connectivity index (χ3n) is 6.69. The summed E-state index contributed by atoms with van der Waals surface area (Å²) in [7, 11) is -1.83. The SMILES string of the molecule is CCCCOc1nc(N)c2[nH]c(=O)n(CC3CCN(CCOP(OCCC#N)OC[C@@H](COC(C)=O)OC(C)=O)CC3)c2n1. The van der Waals surface area contributed by atoms with E-state index in [1.807, 2.05) is 6.07 Å². The summed E-state index contributed by atoms with van der Waals surface area (Å²) in [6.45, 7) is 7.92. The van der Waals surface area contributed by atoms with Gasteiger partial charge in [-0.05, 0) is 38.3 Å². The number of carbonyl (C=O) groups excluding carboxylic acids is 2. The summed E-state index contributed by atoms with van der Waals surface area (Å²) in [6.07, 6.45) is 2.90. The second-order valence-corrected chi connectivity index (χ2v) is 11.5. The Labute approximate surface area is 257 Å². The highest BCUT2D eigenvalue weighted by molar-refractivity contribution is 7.41. The molecule has 2 aromatic heterocycles. The van der Waals surface area contributed by atoms with E-state index in [-0.39, 0.29) is 49.7 Å². The minimum atomic E-state index is -1.83. The van der Waals surface area contributed by atoms with Crippen LogP contribution in [0, 0.1) is 17.2 Å². The summed E-state index contributed by atoms with van der Waals surface area (Å²) >= 11 is 0. The lowest BCUT2D eigenvalue weighted by Crippen LogP contribution is -2.37. The number of piperidine rings is 1. The standard InChI is InChI=1S/C27H42N7O9P/c1-4-5-13-38-26-31-24(29)23-25(32-26)34(27(37)30-23)16-21-7-10-33(11-8-21)12-15-41-44(40-14-6-9-28)42-18-22(43-20(3)36)17-39-19(2)35/h21-22H,4-8,10-18H2,1-3H3,(H,30,37)(H2,29,31,32)/t22-,44?/m1/s1. The van der Waals surface area contributed by atoms with E-state index >= 15 is 0 Å². The number of nitrogens with one attached hydrogen (secondary N) is 1. The van der Waals surface area contributed by atoms with Gasteiger partial charge in [-0.15, -0.1) is 0 Å². The molecule has 0 spiro atoms. The van der Waals surface area contributed by atoms with E-state index in [9.17, 15) is 14.4 Å². The molecule has 1 saturated heterocycles. The number of aromatic nitrogens is 4. The zero-order valence-electron chi connectivity index (χ0n) is 25.5. The Morgan fingerprint density at radius 1 is 1.11 bits per heavy atom. The van der Waals surface area contributed by atoms with Crippen LogP contribution in [-0.2, 0) is 39.2 Å². The van der Waals surface area contributed by atoms with Crippen LogP contribution in [0.3, 0.4) is 0 Å². The number of H-pyrrole nitrogens is 1. The molecule has 1 aliphatic rings. The molecule has 1 aliphatic heterocycles. The molecule has 0 amide bonds. The van der Waals surface area contributed by atoms with Crippen LogP contribution in [0.5, 0.6) is 6.01 Å². The van der Waals surface area contributed by atoms with E-state index in [0.717, 1.165) is 38.8 Å². The van der Waals surface area contributed by atoms with Crippen LogP contribution >= 0.6 is 8.60 Å². The number of nitrogens with two attached hydrogens (primary N) is 1. The van der Waals surface area contributed by atoms with Crippen molar-refractivity contribution in [1.29, 1.82) is 5.26 Å². The van der Waals surface area contributed by atoms with Crippen molar-refractivity contribution in [2.24, 2.45) is 5.92 Å². The Balaban J connectivity index is 1.49. The van der Waals surface area contributed by atoms with Gasteiger partial charge in [-0.25, -0.2) is 4.79 Å². The molecule has 3 rings (SSSR count). The molecule has 16 nitrogen and oxygen atoms in total. The molecule has 0 aromatic carbocycles.